The molecule has 0 aliphatic heterocycles. The third kappa shape index (κ3) is 2.22. The van der Waals surface area contributed by atoms with Gasteiger partial charge in [0.05, 0.1) is 16.9 Å². The van der Waals surface area contributed by atoms with Gasteiger partial charge in [-0.2, -0.15) is 0 Å². The monoisotopic (exact) mass is 249 g/mol. The van der Waals surface area contributed by atoms with E-state index in [9.17, 15) is 0 Å². The van der Waals surface area contributed by atoms with Gasteiger partial charge in [0.15, 0.2) is 0 Å². The largest absolute Gasteiger partial charge is 0.397 e. The highest BCUT2D eigenvalue weighted by Gasteiger charge is 2.04. The Bertz CT molecular complexity index is 730. The Morgan fingerprint density at radius 3 is 2.79 bits per heavy atom. The highest BCUT2D eigenvalue weighted by atomic mass is 14.9. The molecule has 3 N–H and O–H groups in total. The average molecular weight is 249 g/mol. The normalized spacial score (nSPS) is 10.6. The second-order valence-corrected chi connectivity index (χ2v) is 4.59. The summed E-state index contributed by atoms with van der Waals surface area (Å²) in [6, 6.07) is 16.0. The fourth-order valence-corrected chi connectivity index (χ4v) is 2.14. The maximum atomic E-state index is 6.00. The molecule has 0 atom stereocenters. The minimum absolute atomic E-state index is 0.742. The molecule has 0 unspecified atom stereocenters. The molecule has 1 aromatic heterocycles. The molecule has 0 saturated heterocycles. The van der Waals surface area contributed by atoms with Crippen LogP contribution in [-0.4, -0.2) is 4.98 Å². The van der Waals surface area contributed by atoms with Crippen LogP contribution >= 0.6 is 0 Å². The summed E-state index contributed by atoms with van der Waals surface area (Å²) in [7, 11) is 0. The van der Waals surface area contributed by atoms with Gasteiger partial charge in [-0.3, -0.25) is 4.98 Å². The Labute approximate surface area is 112 Å². The van der Waals surface area contributed by atoms with Crippen molar-refractivity contribution < 1.29 is 0 Å². The number of nitrogens with one attached hydrogen (secondary N) is 1. The Morgan fingerprint density at radius 2 is 1.89 bits per heavy atom. The molecule has 0 saturated carbocycles. The van der Waals surface area contributed by atoms with Crippen molar-refractivity contribution in [2.24, 2.45) is 0 Å². The van der Waals surface area contributed by atoms with Crippen molar-refractivity contribution in [3.63, 3.8) is 0 Å². The van der Waals surface area contributed by atoms with Crippen molar-refractivity contribution in [1.82, 2.24) is 4.98 Å². The van der Waals surface area contributed by atoms with Gasteiger partial charge in [-0.25, -0.2) is 0 Å². The zero-order chi connectivity index (χ0) is 13.2. The van der Waals surface area contributed by atoms with Crippen LogP contribution in [0.3, 0.4) is 0 Å². The highest BCUT2D eigenvalue weighted by Crippen LogP contribution is 2.28. The number of rotatable bonds is 2. The van der Waals surface area contributed by atoms with Gasteiger partial charge in [-0.1, -0.05) is 12.1 Å². The topological polar surface area (TPSA) is 50.9 Å². The predicted molar refractivity (Wildman–Crippen MR) is 80.6 cm³/mol. The molecule has 2 aromatic carbocycles. The number of fused-ring (bicyclic) bond motifs is 1. The van der Waals surface area contributed by atoms with Crippen LogP contribution in [0.2, 0.25) is 0 Å². The van der Waals surface area contributed by atoms with Crippen LogP contribution in [0, 0.1) is 6.92 Å². The summed E-state index contributed by atoms with van der Waals surface area (Å²) in [5, 5.41) is 4.48. The second-order valence-electron chi connectivity index (χ2n) is 4.59. The Balaban J connectivity index is 2.08. The zero-order valence-electron chi connectivity index (χ0n) is 10.7. The van der Waals surface area contributed by atoms with E-state index in [1.807, 2.05) is 42.5 Å². The molecular weight excluding hydrogens is 234 g/mol. The number of aromatic nitrogens is 1. The lowest BCUT2D eigenvalue weighted by atomic mass is 10.1. The summed E-state index contributed by atoms with van der Waals surface area (Å²) < 4.78 is 0. The Kier molecular flexibility index (Phi) is 2.80. The standard InChI is InChI=1S/C16H15N3/c1-11-7-8-13(17)16(10-11)19-15-6-2-5-14-12(15)4-3-9-18-14/h2-10,19H,17H2,1H3. The fourth-order valence-electron chi connectivity index (χ4n) is 2.14. The smallest absolute Gasteiger partial charge is 0.0722 e. The molecule has 94 valence electrons. The molecule has 19 heavy (non-hydrogen) atoms. The van der Waals surface area contributed by atoms with E-state index in [0.29, 0.717) is 0 Å². The summed E-state index contributed by atoms with van der Waals surface area (Å²) in [5.41, 5.74) is 10.8. The fraction of sp³-hybridized carbons (Fsp3) is 0.0625. The minimum atomic E-state index is 0.742. The molecule has 3 rings (SSSR count). The number of benzene rings is 2. The number of nitrogens with two attached hydrogens (primary N) is 1. The third-order valence-electron chi connectivity index (χ3n) is 3.12. The van der Waals surface area contributed by atoms with Gasteiger partial charge in [-0.05, 0) is 48.9 Å². The van der Waals surface area contributed by atoms with Crippen LogP contribution in [0.1, 0.15) is 5.56 Å². The molecule has 0 aliphatic carbocycles. The lowest BCUT2D eigenvalue weighted by Crippen LogP contribution is -1.97. The van der Waals surface area contributed by atoms with Crippen molar-refractivity contribution in [1.29, 1.82) is 0 Å². The molecular formula is C16H15N3. The summed E-state index contributed by atoms with van der Waals surface area (Å²) in [5.74, 6) is 0. The van der Waals surface area contributed by atoms with Gasteiger partial charge in [0.25, 0.3) is 0 Å². The number of nitrogen functional groups attached to an aromatic ring is 1. The lowest BCUT2D eigenvalue weighted by molar-refractivity contribution is 1.41. The van der Waals surface area contributed by atoms with Crippen LogP contribution in [0.5, 0.6) is 0 Å². The van der Waals surface area contributed by atoms with E-state index in [0.717, 1.165) is 28.0 Å². The van der Waals surface area contributed by atoms with E-state index in [4.69, 9.17) is 5.73 Å². The zero-order valence-corrected chi connectivity index (χ0v) is 10.7. The average Bonchev–Trinajstić information content (AvgIpc) is 2.43. The first-order valence-corrected chi connectivity index (χ1v) is 6.21. The first kappa shape index (κ1) is 11.5. The maximum Gasteiger partial charge on any atom is 0.0722 e. The maximum absolute atomic E-state index is 6.00. The SMILES string of the molecule is Cc1ccc(N)c(Nc2cccc3ncccc23)c1. The number of anilines is 3. The van der Waals surface area contributed by atoms with Gasteiger partial charge >= 0.3 is 0 Å². The van der Waals surface area contributed by atoms with Gasteiger partial charge in [0.2, 0.25) is 0 Å². The molecule has 0 spiro atoms. The van der Waals surface area contributed by atoms with E-state index < -0.39 is 0 Å². The molecule has 0 amide bonds. The predicted octanol–water partition coefficient (Wildman–Crippen LogP) is 3.87. The number of hydrogen-bond donors (Lipinski definition) is 2. The molecule has 3 nitrogen and oxygen atoms in total. The Morgan fingerprint density at radius 1 is 1.00 bits per heavy atom. The van der Waals surface area contributed by atoms with Gasteiger partial charge in [-0.15, -0.1) is 0 Å². The molecule has 0 radical (unpaired) electrons. The van der Waals surface area contributed by atoms with E-state index in [2.05, 4.69) is 23.3 Å². The second kappa shape index (κ2) is 4.61. The van der Waals surface area contributed by atoms with Gasteiger partial charge < -0.3 is 11.1 Å². The van der Waals surface area contributed by atoms with Crippen molar-refractivity contribution in [3.8, 4) is 0 Å². The van der Waals surface area contributed by atoms with Gasteiger partial charge in [0, 0.05) is 17.3 Å². The number of pyridine rings is 1. The van der Waals surface area contributed by atoms with Crippen LogP contribution in [-0.2, 0) is 0 Å². The first-order valence-electron chi connectivity index (χ1n) is 6.21. The molecule has 0 bridgehead atoms. The van der Waals surface area contributed by atoms with Gasteiger partial charge in [0.1, 0.15) is 0 Å². The van der Waals surface area contributed by atoms with Crippen LogP contribution in [0.25, 0.3) is 10.9 Å². The molecule has 0 aliphatic rings. The first-order chi connectivity index (χ1) is 9.24. The number of nitrogens with zero attached hydrogens (tertiary/aromatic N) is 1. The summed E-state index contributed by atoms with van der Waals surface area (Å²) >= 11 is 0. The van der Waals surface area contributed by atoms with E-state index in [-0.39, 0.29) is 0 Å². The van der Waals surface area contributed by atoms with E-state index in [1.165, 1.54) is 5.56 Å². The van der Waals surface area contributed by atoms with Crippen molar-refractivity contribution >= 4 is 28.0 Å². The van der Waals surface area contributed by atoms with Crippen molar-refractivity contribution in [2.45, 2.75) is 6.92 Å². The van der Waals surface area contributed by atoms with Crippen LogP contribution in [0.4, 0.5) is 17.1 Å². The molecule has 0 fully saturated rings. The summed E-state index contributed by atoms with van der Waals surface area (Å²) in [6.07, 6.45) is 1.80. The number of hydrogen-bond acceptors (Lipinski definition) is 3. The minimum Gasteiger partial charge on any atom is -0.397 e. The molecule has 1 heterocycles. The highest BCUT2D eigenvalue weighted by molar-refractivity contribution is 5.94. The summed E-state index contributed by atoms with van der Waals surface area (Å²) in [6.45, 7) is 2.05. The molecule has 3 aromatic rings. The van der Waals surface area contributed by atoms with Crippen molar-refractivity contribution in [3.05, 3.63) is 60.3 Å². The Hall–Kier alpha value is -2.55. The quantitative estimate of drug-likeness (QED) is 0.678. The number of aryl methyl sites for hydroxylation is 1. The van der Waals surface area contributed by atoms with Crippen LogP contribution < -0.4 is 11.1 Å². The lowest BCUT2D eigenvalue weighted by Gasteiger charge is -2.12. The molecule has 3 heteroatoms. The van der Waals surface area contributed by atoms with Crippen molar-refractivity contribution in [2.75, 3.05) is 11.1 Å². The summed E-state index contributed by atoms with van der Waals surface area (Å²) in [4.78, 5) is 4.35. The third-order valence-corrected chi connectivity index (χ3v) is 3.12. The van der Waals surface area contributed by atoms with E-state index >= 15 is 0 Å². The van der Waals surface area contributed by atoms with Crippen LogP contribution in [0.15, 0.2) is 54.7 Å². The van der Waals surface area contributed by atoms with E-state index in [1.54, 1.807) is 6.20 Å².